The molecule has 14 N–H and O–H groups in total. The third kappa shape index (κ3) is 25.4. The number of urea groups is 1. The maximum Gasteiger partial charge on any atom is 0.327 e. The van der Waals surface area contributed by atoms with Crippen LogP contribution in [0.15, 0.2) is 30.3 Å². The summed E-state index contributed by atoms with van der Waals surface area (Å²) in [5.41, 5.74) is 6.54. The van der Waals surface area contributed by atoms with Gasteiger partial charge in [-0.05, 0) is 31.2 Å². The molecule has 0 aromatic heterocycles. The van der Waals surface area contributed by atoms with Crippen molar-refractivity contribution in [1.29, 1.82) is 0 Å². The van der Waals surface area contributed by atoms with Gasteiger partial charge in [-0.25, -0.2) is 14.4 Å². The Hall–Kier alpha value is -6.50. The van der Waals surface area contributed by atoms with E-state index < -0.39 is 115 Å². The van der Waals surface area contributed by atoms with Gasteiger partial charge in [-0.15, -0.1) is 0 Å². The van der Waals surface area contributed by atoms with Crippen molar-refractivity contribution in [1.82, 2.24) is 42.5 Å². The number of carboxylic acids is 4. The molecule has 0 aliphatic rings. The van der Waals surface area contributed by atoms with Gasteiger partial charge in [-0.1, -0.05) is 49.6 Å². The molecule has 0 saturated carbocycles. The highest BCUT2D eigenvalue weighted by Crippen LogP contribution is 2.08. The molecule has 0 saturated heterocycles. The Morgan fingerprint density at radius 1 is 0.547 bits per heavy atom. The zero-order valence-corrected chi connectivity index (χ0v) is 36.0. The van der Waals surface area contributed by atoms with Crippen molar-refractivity contribution in [3.8, 4) is 0 Å². The molecule has 1 rings (SSSR count). The van der Waals surface area contributed by atoms with E-state index in [2.05, 4.69) is 55.2 Å². The van der Waals surface area contributed by atoms with Gasteiger partial charge in [0.25, 0.3) is 0 Å². The number of carboxylic acid groups (broad SMARTS) is 4. The summed E-state index contributed by atoms with van der Waals surface area (Å²) in [7, 11) is 0. The third-order valence-electron chi connectivity index (χ3n) is 9.04. The van der Waals surface area contributed by atoms with Crippen LogP contribution in [0.4, 0.5) is 4.79 Å². The van der Waals surface area contributed by atoms with E-state index in [9.17, 15) is 57.8 Å². The number of rotatable bonds is 33. The highest BCUT2D eigenvalue weighted by molar-refractivity contribution is 7.80. The molecule has 0 aliphatic carbocycles. The van der Waals surface area contributed by atoms with Crippen LogP contribution in [0, 0.1) is 0 Å². The van der Waals surface area contributed by atoms with Gasteiger partial charge in [-0.3, -0.25) is 38.4 Å². The summed E-state index contributed by atoms with van der Waals surface area (Å²) < 4.78 is 0. The van der Waals surface area contributed by atoms with E-state index in [4.69, 9.17) is 21.1 Å². The normalized spacial score (nSPS) is 13.0. The van der Waals surface area contributed by atoms with Crippen molar-refractivity contribution in [2.45, 2.75) is 107 Å². The number of thiol groups is 1. The molecule has 64 heavy (non-hydrogen) atoms. The third-order valence-corrected chi connectivity index (χ3v) is 9.41. The van der Waals surface area contributed by atoms with Gasteiger partial charge in [0.15, 0.2) is 0 Å². The molecular formula is C39H59N9O15S. The molecule has 5 unspecified atom stereocenters. The largest absolute Gasteiger partial charge is 0.481 e. The lowest BCUT2D eigenvalue weighted by atomic mass is 10.0. The zero-order chi connectivity index (χ0) is 48.0. The van der Waals surface area contributed by atoms with E-state index in [1.807, 2.05) is 0 Å². The molecule has 0 radical (unpaired) electrons. The van der Waals surface area contributed by atoms with Crippen LogP contribution in [0.2, 0.25) is 0 Å². The summed E-state index contributed by atoms with van der Waals surface area (Å²) in [4.78, 5) is 132. The fourth-order valence-corrected chi connectivity index (χ4v) is 5.80. The number of nitrogens with two attached hydrogens (primary N) is 1. The number of unbranched alkanes of at least 4 members (excludes halogenated alkanes) is 4. The number of nitrogens with one attached hydrogen (secondary N) is 8. The van der Waals surface area contributed by atoms with Gasteiger partial charge in [0.1, 0.15) is 30.2 Å². The Bertz CT molecular complexity index is 1760. The van der Waals surface area contributed by atoms with Crippen molar-refractivity contribution in [3.63, 3.8) is 0 Å². The monoisotopic (exact) mass is 925 g/mol. The molecule has 0 bridgehead atoms. The maximum atomic E-state index is 13.2. The summed E-state index contributed by atoms with van der Waals surface area (Å²) in [6.45, 7) is -0.699. The van der Waals surface area contributed by atoms with Crippen molar-refractivity contribution < 1.29 is 73.2 Å². The minimum atomic E-state index is -1.70. The lowest BCUT2D eigenvalue weighted by Crippen LogP contribution is -2.57. The van der Waals surface area contributed by atoms with Crippen molar-refractivity contribution in [2.75, 3.05) is 31.9 Å². The molecule has 5 atom stereocenters. The second-order valence-corrected chi connectivity index (χ2v) is 14.7. The zero-order valence-electron chi connectivity index (χ0n) is 35.1. The summed E-state index contributed by atoms with van der Waals surface area (Å²) in [5, 5.41) is 55.2. The van der Waals surface area contributed by atoms with E-state index in [-0.39, 0.29) is 50.8 Å². The Labute approximate surface area is 373 Å². The maximum absolute atomic E-state index is 13.2. The average molecular weight is 926 g/mol. The molecule has 0 heterocycles. The summed E-state index contributed by atoms with van der Waals surface area (Å²) >= 11 is 3.81. The number of hydrogen-bond donors (Lipinski definition) is 14. The molecule has 356 valence electrons. The Morgan fingerprint density at radius 3 is 1.80 bits per heavy atom. The fourth-order valence-electron chi connectivity index (χ4n) is 5.56. The minimum Gasteiger partial charge on any atom is -0.481 e. The molecule has 8 amide bonds. The van der Waals surface area contributed by atoms with Crippen molar-refractivity contribution in [2.24, 2.45) is 5.73 Å². The van der Waals surface area contributed by atoms with Crippen LogP contribution in [0.3, 0.4) is 0 Å². The molecule has 0 fully saturated rings. The van der Waals surface area contributed by atoms with Gasteiger partial charge >= 0.3 is 29.9 Å². The van der Waals surface area contributed by atoms with Crippen LogP contribution in [0.5, 0.6) is 0 Å². The van der Waals surface area contributed by atoms with Gasteiger partial charge < -0.3 is 68.7 Å². The van der Waals surface area contributed by atoms with Gasteiger partial charge in [0, 0.05) is 51.1 Å². The second kappa shape index (κ2) is 31.4. The van der Waals surface area contributed by atoms with E-state index in [1.54, 1.807) is 30.3 Å². The molecular weight excluding hydrogens is 867 g/mol. The fraction of sp³-hybridized carbons (Fsp3) is 0.564. The van der Waals surface area contributed by atoms with E-state index in [0.29, 0.717) is 32.2 Å². The number of aliphatic carboxylic acids is 4. The first-order chi connectivity index (χ1) is 30.3. The molecule has 25 heteroatoms. The van der Waals surface area contributed by atoms with Crippen LogP contribution in [-0.4, -0.2) is 148 Å². The van der Waals surface area contributed by atoms with Crippen LogP contribution in [-0.2, 0) is 54.4 Å². The number of carbonyl (C=O) groups excluding carboxylic acids is 7. The topological polar surface area (TPSA) is 391 Å². The SMILES string of the molecule is NC(CNC(=O)CNC(=O)C(Cc1ccccc1)NC(=O)CCCCCCCNC(=O)CCC(NC(=O)NCCCC(=O)O)C(=O)O)C(=O)NC(CC(=O)O)C(=O)NC(CS)C(=O)O. The van der Waals surface area contributed by atoms with Gasteiger partial charge in [0.2, 0.25) is 35.4 Å². The number of amides is 8. The van der Waals surface area contributed by atoms with Crippen LogP contribution < -0.4 is 48.3 Å². The van der Waals surface area contributed by atoms with Crippen LogP contribution in [0.25, 0.3) is 0 Å². The lowest BCUT2D eigenvalue weighted by Gasteiger charge is -2.21. The Balaban J connectivity index is 2.51. The molecule has 24 nitrogen and oxygen atoms in total. The minimum absolute atomic E-state index is 0.0393. The van der Waals surface area contributed by atoms with Crippen molar-refractivity contribution >= 4 is 78.0 Å². The highest BCUT2D eigenvalue weighted by atomic mass is 32.1. The van der Waals surface area contributed by atoms with Gasteiger partial charge in [-0.2, -0.15) is 12.6 Å². The first-order valence-corrected chi connectivity index (χ1v) is 21.0. The quantitative estimate of drug-likeness (QED) is 0.0258. The summed E-state index contributed by atoms with van der Waals surface area (Å²) in [5.74, 6) is -9.98. The Morgan fingerprint density at radius 2 is 1.17 bits per heavy atom. The predicted molar refractivity (Wildman–Crippen MR) is 228 cm³/mol. The molecule has 0 aliphatic heterocycles. The molecule has 1 aromatic carbocycles. The Kier molecular flexibility index (Phi) is 27.2. The van der Waals surface area contributed by atoms with Crippen LogP contribution >= 0.6 is 12.6 Å². The highest BCUT2D eigenvalue weighted by Gasteiger charge is 2.30. The second-order valence-electron chi connectivity index (χ2n) is 14.4. The first-order valence-electron chi connectivity index (χ1n) is 20.4. The summed E-state index contributed by atoms with van der Waals surface area (Å²) in [6, 6.07) is 0.978. The van der Waals surface area contributed by atoms with E-state index in [0.717, 1.165) is 12.0 Å². The first kappa shape index (κ1) is 55.5. The number of carbonyl (C=O) groups is 11. The van der Waals surface area contributed by atoms with E-state index in [1.165, 1.54) is 0 Å². The van der Waals surface area contributed by atoms with E-state index >= 15 is 0 Å². The average Bonchev–Trinajstić information content (AvgIpc) is 3.24. The summed E-state index contributed by atoms with van der Waals surface area (Å²) in [6.07, 6.45) is 2.21. The smallest absolute Gasteiger partial charge is 0.327 e. The molecule has 0 spiro atoms. The molecule has 1 aromatic rings. The predicted octanol–water partition coefficient (Wildman–Crippen LogP) is -2.41. The van der Waals surface area contributed by atoms with Crippen LogP contribution in [0.1, 0.15) is 76.2 Å². The standard InChI is InChI=1S/C39H59N9O15S/c40-24(34(56)46-27(19-33(54)55)36(58)47-28(22-64)38(61)62)20-43-31(51)21-44-35(57)26(18-23-10-5-4-6-11-23)45-30(50)12-7-2-1-3-8-16-41-29(49)15-14-25(37(59)60)48-39(63)42-17-9-13-32(52)53/h4-6,10-11,24-28,64H,1-3,7-9,12-22,40H2,(H,41,49)(H,43,51)(H,44,57)(H,45,50)(H,46,56)(H,47,58)(H,52,53)(H,54,55)(H,59,60)(H,61,62)(H2,42,48,63). The number of hydrogen-bond acceptors (Lipinski definition) is 13. The lowest BCUT2D eigenvalue weighted by molar-refractivity contribution is -0.143. The van der Waals surface area contributed by atoms with Gasteiger partial charge in [0.05, 0.1) is 13.0 Å². The van der Waals surface area contributed by atoms with Crippen molar-refractivity contribution in [3.05, 3.63) is 35.9 Å². The number of benzene rings is 1.